The molecule has 1 saturated carbocycles. The van der Waals surface area contributed by atoms with Crippen molar-refractivity contribution in [3.8, 4) is 12.3 Å². The molecule has 0 radical (unpaired) electrons. The number of hydrogen-bond acceptors (Lipinski definition) is 2. The third-order valence-electron chi connectivity index (χ3n) is 2.46. The van der Waals surface area contributed by atoms with Gasteiger partial charge in [0, 0.05) is 19.0 Å². The van der Waals surface area contributed by atoms with Gasteiger partial charge >= 0.3 is 12.0 Å². The minimum Gasteiger partial charge on any atom is -0.481 e. The normalized spacial score (nSPS) is 15.9. The molecule has 0 aromatic carbocycles. The summed E-state index contributed by atoms with van der Waals surface area (Å²) in [5.74, 6) is 1.83. The summed E-state index contributed by atoms with van der Waals surface area (Å²) in [4.78, 5) is 21.9. The van der Waals surface area contributed by atoms with Crippen LogP contribution in [0.5, 0.6) is 0 Å². The fourth-order valence-corrected chi connectivity index (χ4v) is 1.49. The minimum absolute atomic E-state index is 0.0206. The summed E-state index contributed by atoms with van der Waals surface area (Å²) >= 11 is 0. The number of carbonyl (C=O) groups excluding carboxylic acids is 1. The summed E-state index contributed by atoms with van der Waals surface area (Å²) in [5, 5.41) is 13.9. The Balaban J connectivity index is 2.28. The summed E-state index contributed by atoms with van der Waals surface area (Å²) in [6, 6.07) is -0.600. The highest BCUT2D eigenvalue weighted by Crippen LogP contribution is 2.33. The lowest BCUT2D eigenvalue weighted by molar-refractivity contribution is -0.137. The van der Waals surface area contributed by atoms with Crippen molar-refractivity contribution in [1.29, 1.82) is 0 Å². The molecule has 1 aliphatic rings. The van der Waals surface area contributed by atoms with E-state index in [9.17, 15) is 9.59 Å². The van der Waals surface area contributed by atoms with E-state index in [0.29, 0.717) is 18.9 Å². The predicted octanol–water partition coefficient (Wildman–Crippen LogP) is 0.562. The largest absolute Gasteiger partial charge is 0.481 e. The average Bonchev–Trinajstić information content (AvgIpc) is 2.99. The Morgan fingerprint density at radius 2 is 2.19 bits per heavy atom. The van der Waals surface area contributed by atoms with Gasteiger partial charge in [0.2, 0.25) is 0 Å². The van der Waals surface area contributed by atoms with Crippen LogP contribution in [-0.4, -0.2) is 29.7 Å². The number of carboxylic acids is 1. The summed E-state index contributed by atoms with van der Waals surface area (Å²) < 4.78 is 0. The fourth-order valence-electron chi connectivity index (χ4n) is 1.49. The average molecular weight is 224 g/mol. The molecule has 0 aromatic rings. The predicted molar refractivity (Wildman–Crippen MR) is 58.7 cm³/mol. The molecule has 0 aromatic heterocycles. The van der Waals surface area contributed by atoms with Gasteiger partial charge in [-0.1, -0.05) is 0 Å². The number of rotatable bonds is 6. The van der Waals surface area contributed by atoms with Gasteiger partial charge in [0.1, 0.15) is 0 Å². The summed E-state index contributed by atoms with van der Waals surface area (Å²) in [7, 11) is 0. The molecule has 5 heteroatoms. The molecule has 0 spiro atoms. The Morgan fingerprint density at radius 1 is 1.50 bits per heavy atom. The van der Waals surface area contributed by atoms with Crippen molar-refractivity contribution in [3.63, 3.8) is 0 Å². The van der Waals surface area contributed by atoms with Crippen LogP contribution in [0.15, 0.2) is 0 Å². The first kappa shape index (κ1) is 12.4. The molecule has 2 amide bonds. The van der Waals surface area contributed by atoms with Gasteiger partial charge in [-0.25, -0.2) is 4.79 Å². The Bertz CT molecular complexity index is 305. The Labute approximate surface area is 94.6 Å². The molecule has 0 bridgehead atoms. The molecule has 16 heavy (non-hydrogen) atoms. The summed E-state index contributed by atoms with van der Waals surface area (Å²) in [5.41, 5.74) is 0. The van der Waals surface area contributed by atoms with Gasteiger partial charge in [-0.2, -0.15) is 0 Å². The van der Waals surface area contributed by atoms with Crippen LogP contribution in [0.4, 0.5) is 4.79 Å². The molecule has 5 nitrogen and oxygen atoms in total. The molecule has 1 rings (SSSR count). The third kappa shape index (κ3) is 4.69. The van der Waals surface area contributed by atoms with Gasteiger partial charge in [-0.15, -0.1) is 12.3 Å². The van der Waals surface area contributed by atoms with Gasteiger partial charge in [-0.3, -0.25) is 4.79 Å². The minimum atomic E-state index is -0.888. The number of carbonyl (C=O) groups is 2. The summed E-state index contributed by atoms with van der Waals surface area (Å²) in [6.45, 7) is 0.410. The molecule has 0 heterocycles. The zero-order valence-electron chi connectivity index (χ0n) is 9.03. The van der Waals surface area contributed by atoms with E-state index >= 15 is 0 Å². The third-order valence-corrected chi connectivity index (χ3v) is 2.46. The van der Waals surface area contributed by atoms with E-state index in [1.54, 1.807) is 0 Å². The Hall–Kier alpha value is -1.70. The lowest BCUT2D eigenvalue weighted by Gasteiger charge is -2.16. The fraction of sp³-hybridized carbons (Fsp3) is 0.636. The molecule has 0 saturated heterocycles. The lowest BCUT2D eigenvalue weighted by Crippen LogP contribution is -2.44. The summed E-state index contributed by atoms with van der Waals surface area (Å²) in [6.07, 6.45) is 7.47. The van der Waals surface area contributed by atoms with Gasteiger partial charge in [-0.05, 0) is 18.8 Å². The molecule has 1 aliphatic carbocycles. The van der Waals surface area contributed by atoms with Crippen molar-refractivity contribution < 1.29 is 14.7 Å². The monoisotopic (exact) mass is 224 g/mol. The SMILES string of the molecule is C#CCCNC(=O)NC(CC(=O)O)C1CC1. The van der Waals surface area contributed by atoms with Gasteiger partial charge < -0.3 is 15.7 Å². The van der Waals surface area contributed by atoms with Crippen molar-refractivity contribution in [2.24, 2.45) is 5.92 Å². The number of amides is 2. The van der Waals surface area contributed by atoms with E-state index < -0.39 is 5.97 Å². The van der Waals surface area contributed by atoms with E-state index in [1.165, 1.54) is 0 Å². The Kier molecular flexibility index (Phi) is 4.65. The van der Waals surface area contributed by atoms with Gasteiger partial charge in [0.15, 0.2) is 0 Å². The molecule has 1 fully saturated rings. The van der Waals surface area contributed by atoms with Crippen LogP contribution in [0.25, 0.3) is 0 Å². The highest BCUT2D eigenvalue weighted by molar-refractivity contribution is 5.75. The van der Waals surface area contributed by atoms with E-state index in [0.717, 1.165) is 12.8 Å². The van der Waals surface area contributed by atoms with Crippen molar-refractivity contribution in [2.45, 2.75) is 31.7 Å². The van der Waals surface area contributed by atoms with Crippen molar-refractivity contribution >= 4 is 12.0 Å². The van der Waals surface area contributed by atoms with Crippen LogP contribution in [-0.2, 0) is 4.79 Å². The van der Waals surface area contributed by atoms with E-state index in [2.05, 4.69) is 16.6 Å². The van der Waals surface area contributed by atoms with Crippen molar-refractivity contribution in [3.05, 3.63) is 0 Å². The van der Waals surface area contributed by atoms with Crippen LogP contribution >= 0.6 is 0 Å². The lowest BCUT2D eigenvalue weighted by atomic mass is 10.1. The van der Waals surface area contributed by atoms with Gasteiger partial charge in [0.05, 0.1) is 6.42 Å². The number of urea groups is 1. The molecular formula is C11H16N2O3. The van der Waals surface area contributed by atoms with Crippen LogP contribution in [0.1, 0.15) is 25.7 Å². The highest BCUT2D eigenvalue weighted by Gasteiger charge is 2.33. The quantitative estimate of drug-likeness (QED) is 0.455. The first-order chi connectivity index (χ1) is 7.63. The maximum absolute atomic E-state index is 11.4. The smallest absolute Gasteiger partial charge is 0.315 e. The molecule has 0 aliphatic heterocycles. The first-order valence-corrected chi connectivity index (χ1v) is 5.33. The zero-order chi connectivity index (χ0) is 12.0. The topological polar surface area (TPSA) is 78.4 Å². The zero-order valence-corrected chi connectivity index (χ0v) is 9.03. The van der Waals surface area contributed by atoms with Crippen molar-refractivity contribution in [1.82, 2.24) is 10.6 Å². The van der Waals surface area contributed by atoms with Crippen LogP contribution in [0.2, 0.25) is 0 Å². The van der Waals surface area contributed by atoms with Crippen LogP contribution < -0.4 is 10.6 Å². The standard InChI is InChI=1S/C11H16N2O3/c1-2-3-6-12-11(16)13-9(7-10(14)15)8-4-5-8/h1,8-9H,3-7H2,(H,14,15)(H2,12,13,16). The molecular weight excluding hydrogens is 208 g/mol. The number of hydrogen-bond donors (Lipinski definition) is 3. The second kappa shape index (κ2) is 6.01. The van der Waals surface area contributed by atoms with Gasteiger partial charge in [0.25, 0.3) is 0 Å². The second-order valence-electron chi connectivity index (χ2n) is 3.90. The number of carboxylic acid groups (broad SMARTS) is 1. The highest BCUT2D eigenvalue weighted by atomic mass is 16.4. The second-order valence-corrected chi connectivity index (χ2v) is 3.90. The van der Waals surface area contributed by atoms with E-state index in [1.807, 2.05) is 0 Å². The Morgan fingerprint density at radius 3 is 2.69 bits per heavy atom. The molecule has 88 valence electrons. The molecule has 1 atom stereocenters. The maximum atomic E-state index is 11.4. The van der Waals surface area contributed by atoms with Crippen LogP contribution in [0, 0.1) is 18.3 Å². The number of aliphatic carboxylic acids is 1. The maximum Gasteiger partial charge on any atom is 0.315 e. The molecule has 1 unspecified atom stereocenters. The molecule has 3 N–H and O–H groups in total. The van der Waals surface area contributed by atoms with Crippen LogP contribution in [0.3, 0.4) is 0 Å². The number of nitrogens with one attached hydrogen (secondary N) is 2. The number of terminal acetylenes is 1. The first-order valence-electron chi connectivity index (χ1n) is 5.33. The van der Waals surface area contributed by atoms with E-state index in [-0.39, 0.29) is 18.5 Å². The van der Waals surface area contributed by atoms with Crippen molar-refractivity contribution in [2.75, 3.05) is 6.54 Å². The van der Waals surface area contributed by atoms with E-state index in [4.69, 9.17) is 11.5 Å².